The van der Waals surface area contributed by atoms with Crippen molar-refractivity contribution < 1.29 is 14.5 Å². The van der Waals surface area contributed by atoms with Crippen LogP contribution >= 0.6 is 11.6 Å². The van der Waals surface area contributed by atoms with E-state index in [1.54, 1.807) is 43.5 Å². The van der Waals surface area contributed by atoms with Gasteiger partial charge >= 0.3 is 0 Å². The summed E-state index contributed by atoms with van der Waals surface area (Å²) in [5.74, 6) is 0.441. The molecule has 4 rings (SSSR count). The molecule has 0 atom stereocenters. The predicted octanol–water partition coefficient (Wildman–Crippen LogP) is 5.73. The topological polar surface area (TPSA) is 72.7 Å². The SMILES string of the molecule is COc1ccc(/C=C2/C=C(c3ccc(Cl)cc3)N(c3cccc([N+](=O)[O-])c3)C2=O)cc1. The van der Waals surface area contributed by atoms with E-state index in [-0.39, 0.29) is 11.6 Å². The number of nitro benzene ring substituents is 1. The molecule has 0 saturated heterocycles. The Labute approximate surface area is 183 Å². The molecule has 0 bridgehead atoms. The van der Waals surface area contributed by atoms with E-state index in [9.17, 15) is 14.9 Å². The van der Waals surface area contributed by atoms with Gasteiger partial charge in [0.05, 0.1) is 23.4 Å². The van der Waals surface area contributed by atoms with Crippen molar-refractivity contribution in [2.24, 2.45) is 0 Å². The van der Waals surface area contributed by atoms with E-state index in [2.05, 4.69) is 0 Å². The molecule has 0 saturated carbocycles. The average molecular weight is 433 g/mol. The van der Waals surface area contributed by atoms with Crippen LogP contribution in [0.3, 0.4) is 0 Å². The lowest BCUT2D eigenvalue weighted by atomic mass is 10.1. The van der Waals surface area contributed by atoms with Crippen molar-refractivity contribution in [2.75, 3.05) is 12.0 Å². The molecular formula is C24H17ClN2O4. The molecule has 0 spiro atoms. The van der Waals surface area contributed by atoms with Gasteiger partial charge in [-0.1, -0.05) is 41.9 Å². The second-order valence-corrected chi connectivity index (χ2v) is 7.26. The normalized spacial score (nSPS) is 14.6. The smallest absolute Gasteiger partial charge is 0.271 e. The van der Waals surface area contributed by atoms with Crippen LogP contribution in [0.2, 0.25) is 5.02 Å². The van der Waals surface area contributed by atoms with Crippen molar-refractivity contribution in [3.8, 4) is 5.75 Å². The van der Waals surface area contributed by atoms with Crippen LogP contribution in [0.1, 0.15) is 11.1 Å². The van der Waals surface area contributed by atoms with Crippen LogP contribution in [0.15, 0.2) is 84.4 Å². The fourth-order valence-corrected chi connectivity index (χ4v) is 3.46. The van der Waals surface area contributed by atoms with Gasteiger partial charge in [-0.25, -0.2) is 0 Å². The van der Waals surface area contributed by atoms with Crippen molar-refractivity contribution in [3.05, 3.63) is 111 Å². The molecule has 0 aromatic heterocycles. The van der Waals surface area contributed by atoms with Crippen LogP contribution in [0.4, 0.5) is 11.4 Å². The lowest BCUT2D eigenvalue weighted by Gasteiger charge is -2.20. The van der Waals surface area contributed by atoms with Gasteiger partial charge in [-0.2, -0.15) is 0 Å². The van der Waals surface area contributed by atoms with Crippen LogP contribution < -0.4 is 9.64 Å². The van der Waals surface area contributed by atoms with E-state index < -0.39 is 4.92 Å². The van der Waals surface area contributed by atoms with Gasteiger partial charge in [0, 0.05) is 22.7 Å². The molecule has 1 heterocycles. The first kappa shape index (κ1) is 20.4. The van der Waals surface area contributed by atoms with Gasteiger partial charge in [-0.15, -0.1) is 0 Å². The number of amides is 1. The molecule has 0 N–H and O–H groups in total. The second kappa shape index (κ2) is 8.45. The summed E-state index contributed by atoms with van der Waals surface area (Å²) < 4.78 is 5.18. The van der Waals surface area contributed by atoms with E-state index >= 15 is 0 Å². The molecule has 0 unspecified atom stereocenters. The van der Waals surface area contributed by atoms with Gasteiger partial charge in [0.2, 0.25) is 0 Å². The molecule has 1 amide bonds. The Balaban J connectivity index is 1.81. The van der Waals surface area contributed by atoms with E-state index in [4.69, 9.17) is 16.3 Å². The van der Waals surface area contributed by atoms with Crippen molar-refractivity contribution in [1.82, 2.24) is 0 Å². The van der Waals surface area contributed by atoms with Crippen LogP contribution in [-0.2, 0) is 4.79 Å². The highest BCUT2D eigenvalue weighted by Gasteiger charge is 2.31. The highest BCUT2D eigenvalue weighted by molar-refractivity contribution is 6.30. The maximum absolute atomic E-state index is 13.4. The molecule has 0 fully saturated rings. The third-order valence-corrected chi connectivity index (χ3v) is 5.11. The van der Waals surface area contributed by atoms with Crippen molar-refractivity contribution in [2.45, 2.75) is 0 Å². The number of nitrogens with zero attached hydrogens (tertiary/aromatic N) is 2. The number of nitro groups is 1. The zero-order valence-electron chi connectivity index (χ0n) is 16.5. The van der Waals surface area contributed by atoms with Crippen LogP contribution in [0, 0.1) is 10.1 Å². The number of ether oxygens (including phenoxy) is 1. The van der Waals surface area contributed by atoms with Crippen LogP contribution in [0.5, 0.6) is 5.75 Å². The maximum Gasteiger partial charge on any atom is 0.271 e. The van der Waals surface area contributed by atoms with Crippen LogP contribution in [-0.4, -0.2) is 17.9 Å². The van der Waals surface area contributed by atoms with Gasteiger partial charge in [0.15, 0.2) is 0 Å². The second-order valence-electron chi connectivity index (χ2n) is 6.83. The molecule has 6 nitrogen and oxygen atoms in total. The number of halogens is 1. The van der Waals surface area contributed by atoms with Gasteiger partial charge in [-0.3, -0.25) is 19.8 Å². The molecule has 7 heteroatoms. The third kappa shape index (κ3) is 4.20. The number of rotatable bonds is 5. The Hall–Kier alpha value is -3.90. The molecule has 154 valence electrons. The Kier molecular flexibility index (Phi) is 5.56. The van der Waals surface area contributed by atoms with Crippen molar-refractivity contribution >= 4 is 40.7 Å². The Morgan fingerprint density at radius 2 is 1.74 bits per heavy atom. The lowest BCUT2D eigenvalue weighted by molar-refractivity contribution is -0.384. The summed E-state index contributed by atoms with van der Waals surface area (Å²) in [4.78, 5) is 25.6. The number of anilines is 1. The summed E-state index contributed by atoms with van der Waals surface area (Å²) >= 11 is 6.02. The van der Waals surface area contributed by atoms with Gasteiger partial charge in [-0.05, 0) is 53.6 Å². The van der Waals surface area contributed by atoms with Gasteiger partial charge in [0.25, 0.3) is 11.6 Å². The fraction of sp³-hybridized carbons (Fsp3) is 0.0417. The largest absolute Gasteiger partial charge is 0.497 e. The van der Waals surface area contributed by atoms with Crippen LogP contribution in [0.25, 0.3) is 11.8 Å². The quantitative estimate of drug-likeness (QED) is 0.293. The van der Waals surface area contributed by atoms with E-state index in [1.807, 2.05) is 36.4 Å². The summed E-state index contributed by atoms with van der Waals surface area (Å²) in [5, 5.41) is 11.8. The number of methoxy groups -OCH3 is 1. The first-order chi connectivity index (χ1) is 15.0. The lowest BCUT2D eigenvalue weighted by Crippen LogP contribution is -2.25. The van der Waals surface area contributed by atoms with E-state index in [0.29, 0.717) is 22.0 Å². The highest BCUT2D eigenvalue weighted by atomic mass is 35.5. The molecular weight excluding hydrogens is 416 g/mol. The van der Waals surface area contributed by atoms with Gasteiger partial charge in [0.1, 0.15) is 5.75 Å². The molecule has 0 radical (unpaired) electrons. The molecule has 1 aliphatic rings. The Bertz CT molecular complexity index is 1220. The van der Waals surface area contributed by atoms with E-state index in [0.717, 1.165) is 16.9 Å². The standard InChI is InChI=1S/C24H17ClN2O4/c1-31-22-11-5-16(6-12-22)13-18-14-23(17-7-9-19(25)10-8-17)26(24(18)28)20-3-2-4-21(15-20)27(29)30/h2-15H,1H3/b18-13-. The first-order valence-corrected chi connectivity index (χ1v) is 9.76. The number of hydrogen-bond donors (Lipinski definition) is 0. The molecule has 1 aliphatic heterocycles. The molecule has 0 aliphatic carbocycles. The minimum Gasteiger partial charge on any atom is -0.497 e. The summed E-state index contributed by atoms with van der Waals surface area (Å²) in [5.41, 5.74) is 2.99. The van der Waals surface area contributed by atoms with Crippen molar-refractivity contribution in [1.29, 1.82) is 0 Å². The molecule has 3 aromatic carbocycles. The zero-order chi connectivity index (χ0) is 22.0. The molecule has 3 aromatic rings. The maximum atomic E-state index is 13.4. The molecule has 31 heavy (non-hydrogen) atoms. The first-order valence-electron chi connectivity index (χ1n) is 9.38. The number of carbonyl (C=O) groups excluding carboxylic acids is 1. The van der Waals surface area contributed by atoms with Gasteiger partial charge < -0.3 is 4.74 Å². The Morgan fingerprint density at radius 3 is 2.39 bits per heavy atom. The fourth-order valence-electron chi connectivity index (χ4n) is 3.33. The van der Waals surface area contributed by atoms with E-state index in [1.165, 1.54) is 17.0 Å². The highest BCUT2D eigenvalue weighted by Crippen LogP contribution is 2.36. The number of carbonyl (C=O) groups is 1. The number of benzene rings is 3. The number of hydrogen-bond acceptors (Lipinski definition) is 4. The third-order valence-electron chi connectivity index (χ3n) is 4.86. The summed E-state index contributed by atoms with van der Waals surface area (Å²) in [7, 11) is 1.59. The minimum absolute atomic E-state index is 0.0895. The zero-order valence-corrected chi connectivity index (χ0v) is 17.2. The minimum atomic E-state index is -0.482. The summed E-state index contributed by atoms with van der Waals surface area (Å²) in [6, 6.07) is 20.4. The predicted molar refractivity (Wildman–Crippen MR) is 121 cm³/mol. The summed E-state index contributed by atoms with van der Waals surface area (Å²) in [6.07, 6.45) is 3.55. The van der Waals surface area contributed by atoms with Crippen molar-refractivity contribution in [3.63, 3.8) is 0 Å². The summed E-state index contributed by atoms with van der Waals surface area (Å²) in [6.45, 7) is 0. The average Bonchev–Trinajstić information content (AvgIpc) is 3.10. The monoisotopic (exact) mass is 432 g/mol. The number of non-ortho nitro benzene ring substituents is 1. The Morgan fingerprint density at radius 1 is 1.03 bits per heavy atom.